The van der Waals surface area contributed by atoms with E-state index in [1.165, 1.54) is 0 Å². The maximum Gasteiger partial charge on any atom is 0.500 e. The van der Waals surface area contributed by atoms with Crippen LogP contribution in [0.4, 0.5) is 0 Å². The largest absolute Gasteiger partial charge is 0.500 e. The Morgan fingerprint density at radius 1 is 1.10 bits per heavy atom. The van der Waals surface area contributed by atoms with E-state index in [9.17, 15) is 0 Å². The molecule has 0 saturated heterocycles. The Hall–Kier alpha value is -0.763. The third-order valence-electron chi connectivity index (χ3n) is 3.28. The van der Waals surface area contributed by atoms with Gasteiger partial charge in [-0.15, -0.1) is 0 Å². The van der Waals surface area contributed by atoms with Crippen molar-refractivity contribution in [3.63, 3.8) is 0 Å². The predicted octanol–water partition coefficient (Wildman–Crippen LogP) is 1.50. The molecular formula is C14H26N2O3Si. The van der Waals surface area contributed by atoms with Crippen molar-refractivity contribution in [1.82, 2.24) is 0 Å². The first-order valence-electron chi connectivity index (χ1n) is 6.89. The quantitative estimate of drug-likeness (QED) is 0.640. The molecule has 0 spiro atoms. The maximum absolute atomic E-state index is 5.98. The molecule has 0 radical (unpaired) electrons. The van der Waals surface area contributed by atoms with Gasteiger partial charge in [-0.25, -0.2) is 0 Å². The lowest BCUT2D eigenvalue weighted by Gasteiger charge is -2.27. The lowest BCUT2D eigenvalue weighted by atomic mass is 10.2. The molecule has 0 aliphatic rings. The van der Waals surface area contributed by atoms with E-state index in [2.05, 4.69) is 0 Å². The van der Waals surface area contributed by atoms with E-state index in [0.29, 0.717) is 19.2 Å². The second-order valence-corrected chi connectivity index (χ2v) is 7.71. The Kier molecular flexibility index (Phi) is 7.97. The summed E-state index contributed by atoms with van der Waals surface area (Å²) < 4.78 is 17.0. The molecule has 1 unspecified atom stereocenters. The molecule has 0 fully saturated rings. The second-order valence-electron chi connectivity index (χ2n) is 4.74. The maximum atomic E-state index is 5.98. The van der Waals surface area contributed by atoms with Crippen LogP contribution in [0.1, 0.15) is 18.4 Å². The van der Waals surface area contributed by atoms with E-state index in [-0.39, 0.29) is 6.04 Å². The van der Waals surface area contributed by atoms with Gasteiger partial charge in [-0.05, 0) is 24.9 Å². The highest BCUT2D eigenvalue weighted by atomic mass is 28.4. The average molecular weight is 298 g/mol. The minimum Gasteiger partial charge on any atom is -0.377 e. The Morgan fingerprint density at radius 2 is 1.75 bits per heavy atom. The molecule has 5 nitrogen and oxygen atoms in total. The summed E-state index contributed by atoms with van der Waals surface area (Å²) in [5.74, 6) is 0. The van der Waals surface area contributed by atoms with Gasteiger partial charge < -0.3 is 24.7 Å². The third-order valence-corrected chi connectivity index (χ3v) is 6.01. The van der Waals surface area contributed by atoms with Crippen LogP contribution in [0.5, 0.6) is 0 Å². The van der Waals surface area contributed by atoms with Crippen LogP contribution in [0.25, 0.3) is 0 Å². The van der Waals surface area contributed by atoms with E-state index in [1.54, 1.807) is 14.2 Å². The number of nitrogens with two attached hydrogens (primary N) is 2. The van der Waals surface area contributed by atoms with Crippen molar-refractivity contribution in [2.24, 2.45) is 11.5 Å². The van der Waals surface area contributed by atoms with Gasteiger partial charge in [-0.3, -0.25) is 0 Å². The van der Waals surface area contributed by atoms with E-state index in [4.69, 9.17) is 24.7 Å². The number of rotatable bonds is 10. The van der Waals surface area contributed by atoms with Gasteiger partial charge in [0.1, 0.15) is 0 Å². The minimum absolute atomic E-state index is 0.0671. The van der Waals surface area contributed by atoms with Crippen molar-refractivity contribution in [2.75, 3.05) is 20.8 Å². The highest BCUT2D eigenvalue weighted by Gasteiger charge is 2.39. The van der Waals surface area contributed by atoms with Gasteiger partial charge in [0.2, 0.25) is 0 Å². The summed E-state index contributed by atoms with van der Waals surface area (Å²) in [6, 6.07) is 10.8. The number of hydrogen-bond donors (Lipinski definition) is 2. The summed E-state index contributed by atoms with van der Waals surface area (Å²) in [6.45, 7) is 1.08. The van der Waals surface area contributed by atoms with Crippen LogP contribution in [-0.2, 0) is 19.9 Å². The second kappa shape index (κ2) is 9.22. The van der Waals surface area contributed by atoms with Gasteiger partial charge >= 0.3 is 8.80 Å². The third kappa shape index (κ3) is 5.70. The van der Waals surface area contributed by atoms with Crippen LogP contribution in [0.3, 0.4) is 0 Å². The Balaban J connectivity index is 2.52. The van der Waals surface area contributed by atoms with Gasteiger partial charge in [0.25, 0.3) is 0 Å². The van der Waals surface area contributed by atoms with Crippen molar-refractivity contribution < 1.29 is 13.3 Å². The van der Waals surface area contributed by atoms with E-state index >= 15 is 0 Å². The van der Waals surface area contributed by atoms with Crippen molar-refractivity contribution >= 4 is 8.80 Å². The Morgan fingerprint density at radius 3 is 2.30 bits per heavy atom. The van der Waals surface area contributed by atoms with E-state index < -0.39 is 8.80 Å². The van der Waals surface area contributed by atoms with Gasteiger partial charge in [-0.2, -0.15) is 0 Å². The van der Waals surface area contributed by atoms with Crippen LogP contribution in [0, 0.1) is 0 Å². The Bertz CT molecular complexity index is 361. The highest BCUT2D eigenvalue weighted by molar-refractivity contribution is 6.60. The molecule has 1 atom stereocenters. The average Bonchev–Trinajstić information content (AvgIpc) is 2.49. The zero-order valence-electron chi connectivity index (χ0n) is 12.4. The highest BCUT2D eigenvalue weighted by Crippen LogP contribution is 2.19. The molecule has 0 saturated carbocycles. The SMILES string of the molecule is CO[Si](CCC(N)CCN)(OC)OCc1ccccc1. The summed E-state index contributed by atoms with van der Waals surface area (Å²) in [5.41, 5.74) is 12.6. The van der Waals surface area contributed by atoms with Crippen molar-refractivity contribution in [3.8, 4) is 0 Å². The molecule has 0 aliphatic carbocycles. The normalized spacial score (nSPS) is 13.4. The molecule has 0 aliphatic heterocycles. The molecule has 1 aromatic carbocycles. The van der Waals surface area contributed by atoms with E-state index in [0.717, 1.165) is 18.4 Å². The summed E-state index contributed by atoms with van der Waals surface area (Å²) >= 11 is 0. The molecule has 114 valence electrons. The molecule has 4 N–H and O–H groups in total. The fourth-order valence-corrected chi connectivity index (χ4v) is 4.03. The lowest BCUT2D eigenvalue weighted by molar-refractivity contribution is 0.0901. The number of benzene rings is 1. The van der Waals surface area contributed by atoms with E-state index in [1.807, 2.05) is 30.3 Å². The van der Waals surface area contributed by atoms with Crippen LogP contribution < -0.4 is 11.5 Å². The summed E-state index contributed by atoms with van der Waals surface area (Å²) in [7, 11) is 0.629. The van der Waals surface area contributed by atoms with Crippen molar-refractivity contribution in [3.05, 3.63) is 35.9 Å². The zero-order chi connectivity index (χ0) is 14.8. The van der Waals surface area contributed by atoms with Gasteiger partial charge in [0, 0.05) is 26.3 Å². The van der Waals surface area contributed by atoms with Crippen LogP contribution in [-0.4, -0.2) is 35.6 Å². The first kappa shape index (κ1) is 17.3. The molecule has 1 aromatic rings. The smallest absolute Gasteiger partial charge is 0.377 e. The summed E-state index contributed by atoms with van der Waals surface area (Å²) in [6.07, 6.45) is 1.59. The number of hydrogen-bond acceptors (Lipinski definition) is 5. The molecule has 0 amide bonds. The molecule has 6 heteroatoms. The van der Waals surface area contributed by atoms with Crippen LogP contribution in [0.15, 0.2) is 30.3 Å². The van der Waals surface area contributed by atoms with Gasteiger partial charge in [0.05, 0.1) is 6.61 Å². The standard InChI is InChI=1S/C14H26N2O3Si/c1-17-20(18-2,11-9-14(16)8-10-15)19-12-13-6-4-3-5-7-13/h3-7,14H,8-12,15-16H2,1-2H3. The van der Waals surface area contributed by atoms with Gasteiger partial charge in [-0.1, -0.05) is 30.3 Å². The zero-order valence-corrected chi connectivity index (χ0v) is 13.4. The lowest BCUT2D eigenvalue weighted by Crippen LogP contribution is -2.44. The molecular weight excluding hydrogens is 272 g/mol. The fraction of sp³-hybridized carbons (Fsp3) is 0.571. The predicted molar refractivity (Wildman–Crippen MR) is 82.1 cm³/mol. The molecule has 1 rings (SSSR count). The minimum atomic E-state index is -2.64. The van der Waals surface area contributed by atoms with Crippen molar-refractivity contribution in [1.29, 1.82) is 0 Å². The summed E-state index contributed by atoms with van der Waals surface area (Å²) in [5, 5.41) is 0. The van der Waals surface area contributed by atoms with Crippen LogP contribution >= 0.6 is 0 Å². The van der Waals surface area contributed by atoms with Gasteiger partial charge in [0.15, 0.2) is 0 Å². The summed E-state index contributed by atoms with van der Waals surface area (Å²) in [4.78, 5) is 0. The van der Waals surface area contributed by atoms with Crippen LogP contribution in [0.2, 0.25) is 6.04 Å². The molecule has 0 heterocycles. The molecule has 0 aromatic heterocycles. The molecule has 20 heavy (non-hydrogen) atoms. The molecule has 0 bridgehead atoms. The topological polar surface area (TPSA) is 79.7 Å². The first-order valence-corrected chi connectivity index (χ1v) is 8.83. The first-order chi connectivity index (χ1) is 9.65. The Labute approximate surface area is 122 Å². The fourth-order valence-electron chi connectivity index (χ4n) is 1.97. The monoisotopic (exact) mass is 298 g/mol. The van der Waals surface area contributed by atoms with Crippen molar-refractivity contribution in [2.45, 2.75) is 31.5 Å².